The lowest BCUT2D eigenvalue weighted by atomic mass is 10.0. The van der Waals surface area contributed by atoms with Crippen molar-refractivity contribution in [3.8, 4) is 11.1 Å². The highest BCUT2D eigenvalue weighted by Crippen LogP contribution is 2.37. The molecular formula is C21H21ClN4O4. The molecule has 2 saturated heterocycles. The third-order valence-corrected chi connectivity index (χ3v) is 5.61. The normalized spacial score (nSPS) is 19.1. The average molecular weight is 429 g/mol. The summed E-state index contributed by atoms with van der Waals surface area (Å²) < 4.78 is 5.21. The summed E-state index contributed by atoms with van der Waals surface area (Å²) in [7, 11) is 1.61. The maximum absolute atomic E-state index is 12.2. The Bertz CT molecular complexity index is 995. The molecule has 2 fully saturated rings. The van der Waals surface area contributed by atoms with E-state index in [1.165, 1.54) is 4.90 Å². The fraction of sp³-hybridized carbons (Fsp3) is 0.286. The van der Waals surface area contributed by atoms with Gasteiger partial charge in [0.15, 0.2) is 0 Å². The number of nitrogens with zero attached hydrogens (tertiary/aromatic N) is 2. The number of methoxy groups -OCH3 is 1. The molecule has 2 aromatic carbocycles. The second-order valence-electron chi connectivity index (χ2n) is 7.11. The molecule has 30 heavy (non-hydrogen) atoms. The molecule has 0 aromatic heterocycles. The van der Waals surface area contributed by atoms with Crippen LogP contribution in [0.2, 0.25) is 5.02 Å². The zero-order valence-electron chi connectivity index (χ0n) is 16.4. The highest BCUT2D eigenvalue weighted by atomic mass is 35.5. The standard InChI is InChI=1S/C21H21ClN4O4/c1-30-12-15-11-23-20(28)26(15)14-7-5-13(6-8-14)16-3-2-4-17(19(16)22)25-10-9-18(27)24-21(25)29/h2-8,15H,9-12H2,1H3,(H,23,28)(H,24,27,29). The molecule has 0 saturated carbocycles. The van der Waals surface area contributed by atoms with Crippen LogP contribution in [0.15, 0.2) is 42.5 Å². The van der Waals surface area contributed by atoms with Crippen LogP contribution in [0.5, 0.6) is 0 Å². The summed E-state index contributed by atoms with van der Waals surface area (Å²) in [5.41, 5.74) is 2.91. The predicted octanol–water partition coefficient (Wildman–Crippen LogP) is 3.00. The minimum atomic E-state index is -0.482. The molecule has 1 unspecified atom stereocenters. The van der Waals surface area contributed by atoms with E-state index in [1.54, 1.807) is 18.1 Å². The number of amides is 5. The van der Waals surface area contributed by atoms with Crippen molar-refractivity contribution >= 4 is 40.9 Å². The molecule has 5 amide bonds. The van der Waals surface area contributed by atoms with Crippen LogP contribution in [-0.4, -0.2) is 50.8 Å². The van der Waals surface area contributed by atoms with Crippen molar-refractivity contribution in [2.24, 2.45) is 0 Å². The Kier molecular flexibility index (Phi) is 5.61. The van der Waals surface area contributed by atoms with Crippen molar-refractivity contribution in [3.05, 3.63) is 47.5 Å². The van der Waals surface area contributed by atoms with Crippen LogP contribution in [-0.2, 0) is 9.53 Å². The zero-order valence-corrected chi connectivity index (χ0v) is 17.1. The summed E-state index contributed by atoms with van der Waals surface area (Å²) >= 11 is 6.64. The summed E-state index contributed by atoms with van der Waals surface area (Å²) in [6.07, 6.45) is 0.224. The molecule has 2 aromatic rings. The van der Waals surface area contributed by atoms with E-state index in [1.807, 2.05) is 36.4 Å². The monoisotopic (exact) mass is 428 g/mol. The van der Waals surface area contributed by atoms with Crippen LogP contribution in [0.3, 0.4) is 0 Å². The number of halogens is 1. The van der Waals surface area contributed by atoms with Gasteiger partial charge >= 0.3 is 12.1 Å². The maximum atomic E-state index is 12.2. The molecule has 9 heteroatoms. The molecule has 0 spiro atoms. The number of hydrogen-bond acceptors (Lipinski definition) is 4. The van der Waals surface area contributed by atoms with Crippen LogP contribution < -0.4 is 20.4 Å². The van der Waals surface area contributed by atoms with E-state index < -0.39 is 6.03 Å². The van der Waals surface area contributed by atoms with E-state index in [4.69, 9.17) is 16.3 Å². The van der Waals surface area contributed by atoms with Gasteiger partial charge in [-0.05, 0) is 23.8 Å². The van der Waals surface area contributed by atoms with Gasteiger partial charge in [0, 0.05) is 37.9 Å². The second kappa shape index (κ2) is 8.33. The van der Waals surface area contributed by atoms with Gasteiger partial charge in [0.2, 0.25) is 5.91 Å². The summed E-state index contributed by atoms with van der Waals surface area (Å²) in [6, 6.07) is 12.2. The second-order valence-corrected chi connectivity index (χ2v) is 7.48. The molecule has 1 atom stereocenters. The Hall–Kier alpha value is -3.10. The van der Waals surface area contributed by atoms with Gasteiger partial charge in [0.25, 0.3) is 0 Å². The largest absolute Gasteiger partial charge is 0.382 e. The first-order valence-corrected chi connectivity index (χ1v) is 9.93. The molecule has 0 aliphatic carbocycles. The van der Waals surface area contributed by atoms with E-state index in [0.717, 1.165) is 16.8 Å². The predicted molar refractivity (Wildman–Crippen MR) is 114 cm³/mol. The fourth-order valence-corrected chi connectivity index (χ4v) is 4.09. The summed E-state index contributed by atoms with van der Waals surface area (Å²) in [6.45, 7) is 1.25. The summed E-state index contributed by atoms with van der Waals surface area (Å²) in [5.74, 6) is -0.295. The molecule has 0 bridgehead atoms. The number of urea groups is 2. The highest BCUT2D eigenvalue weighted by Gasteiger charge is 2.32. The van der Waals surface area contributed by atoms with E-state index in [-0.39, 0.29) is 30.9 Å². The van der Waals surface area contributed by atoms with Crippen LogP contribution in [0, 0.1) is 0 Å². The number of benzene rings is 2. The Morgan fingerprint density at radius 1 is 1.10 bits per heavy atom. The van der Waals surface area contributed by atoms with Crippen LogP contribution >= 0.6 is 11.6 Å². The first-order chi connectivity index (χ1) is 14.5. The quantitative estimate of drug-likeness (QED) is 0.765. The average Bonchev–Trinajstić information content (AvgIpc) is 3.09. The highest BCUT2D eigenvalue weighted by molar-refractivity contribution is 6.36. The lowest BCUT2D eigenvalue weighted by Crippen LogP contribution is -2.49. The SMILES string of the molecule is COCC1CNC(=O)N1c1ccc(-c2cccc(N3CCC(=O)NC3=O)c2Cl)cc1. The van der Waals surface area contributed by atoms with Crippen molar-refractivity contribution in [2.45, 2.75) is 12.5 Å². The lowest BCUT2D eigenvalue weighted by molar-refractivity contribution is -0.120. The molecule has 2 aliphatic rings. The lowest BCUT2D eigenvalue weighted by Gasteiger charge is -2.28. The van der Waals surface area contributed by atoms with E-state index >= 15 is 0 Å². The number of rotatable bonds is 5. The Morgan fingerprint density at radius 3 is 2.57 bits per heavy atom. The molecule has 2 aliphatic heterocycles. The first-order valence-electron chi connectivity index (χ1n) is 9.56. The van der Waals surface area contributed by atoms with E-state index in [9.17, 15) is 14.4 Å². The first kappa shape index (κ1) is 20.2. The number of imide groups is 1. The molecule has 0 radical (unpaired) electrons. The molecule has 4 rings (SSSR count). The summed E-state index contributed by atoms with van der Waals surface area (Å²) in [5, 5.41) is 5.56. The number of hydrogen-bond donors (Lipinski definition) is 2. The summed E-state index contributed by atoms with van der Waals surface area (Å²) in [4.78, 5) is 39.0. The van der Waals surface area contributed by atoms with E-state index in [0.29, 0.717) is 23.9 Å². The van der Waals surface area contributed by atoms with Gasteiger partial charge < -0.3 is 10.1 Å². The zero-order chi connectivity index (χ0) is 21.3. The number of carbonyl (C=O) groups is 3. The number of nitrogens with one attached hydrogen (secondary N) is 2. The van der Waals surface area contributed by atoms with Crippen molar-refractivity contribution in [1.29, 1.82) is 0 Å². The van der Waals surface area contributed by atoms with Crippen molar-refractivity contribution in [2.75, 3.05) is 36.6 Å². The number of carbonyl (C=O) groups excluding carboxylic acids is 3. The van der Waals surface area contributed by atoms with Crippen LogP contribution in [0.4, 0.5) is 21.0 Å². The third kappa shape index (κ3) is 3.71. The fourth-order valence-electron chi connectivity index (χ4n) is 3.75. The number of anilines is 2. The van der Waals surface area contributed by atoms with Gasteiger partial charge in [-0.15, -0.1) is 0 Å². The minimum absolute atomic E-state index is 0.0689. The smallest absolute Gasteiger partial charge is 0.328 e. The maximum Gasteiger partial charge on any atom is 0.328 e. The van der Waals surface area contributed by atoms with E-state index in [2.05, 4.69) is 10.6 Å². The molecular weight excluding hydrogens is 408 g/mol. The van der Waals surface area contributed by atoms with Crippen LogP contribution in [0.25, 0.3) is 11.1 Å². The topological polar surface area (TPSA) is 91.0 Å². The minimum Gasteiger partial charge on any atom is -0.382 e. The molecule has 156 valence electrons. The van der Waals surface area contributed by atoms with Gasteiger partial charge in [-0.3, -0.25) is 19.9 Å². The van der Waals surface area contributed by atoms with Crippen LogP contribution in [0.1, 0.15) is 6.42 Å². The molecule has 8 nitrogen and oxygen atoms in total. The van der Waals surface area contributed by atoms with Crippen molar-refractivity contribution in [1.82, 2.24) is 10.6 Å². The Labute approximate surface area is 178 Å². The van der Waals surface area contributed by atoms with Gasteiger partial charge in [-0.1, -0.05) is 35.9 Å². The van der Waals surface area contributed by atoms with Crippen molar-refractivity contribution < 1.29 is 19.1 Å². The van der Waals surface area contributed by atoms with Gasteiger partial charge in [-0.25, -0.2) is 9.59 Å². The van der Waals surface area contributed by atoms with Gasteiger partial charge in [0.05, 0.1) is 23.4 Å². The molecule has 2 N–H and O–H groups in total. The third-order valence-electron chi connectivity index (χ3n) is 5.21. The molecule has 2 heterocycles. The van der Waals surface area contributed by atoms with Gasteiger partial charge in [-0.2, -0.15) is 0 Å². The van der Waals surface area contributed by atoms with Crippen molar-refractivity contribution in [3.63, 3.8) is 0 Å². The Morgan fingerprint density at radius 2 is 1.87 bits per heavy atom. The van der Waals surface area contributed by atoms with Gasteiger partial charge in [0.1, 0.15) is 0 Å². The number of ether oxygens (including phenoxy) is 1. The Balaban J connectivity index is 1.61.